The number of nitrogens with one attached hydrogen (secondary N) is 1. The van der Waals surface area contributed by atoms with Gasteiger partial charge in [0.05, 0.1) is 4.70 Å². The Morgan fingerprint density at radius 2 is 1.91 bits per heavy atom. The highest BCUT2D eigenvalue weighted by molar-refractivity contribution is 7.22. The molecule has 2 aromatic carbocycles. The van der Waals surface area contributed by atoms with Crippen molar-refractivity contribution in [2.24, 2.45) is 5.92 Å². The Hall–Kier alpha value is -2.24. The van der Waals surface area contributed by atoms with Gasteiger partial charge in [-0.25, -0.2) is 9.59 Å². The molecule has 0 bridgehead atoms. The molecule has 0 radical (unpaired) electrons. The molecule has 0 saturated carbocycles. The van der Waals surface area contributed by atoms with E-state index in [2.05, 4.69) is 5.32 Å². The third kappa shape index (κ3) is 2.42. The molecule has 4 rings (SSSR count). The van der Waals surface area contributed by atoms with E-state index >= 15 is 0 Å². The predicted molar refractivity (Wildman–Crippen MR) is 89.9 cm³/mol. The van der Waals surface area contributed by atoms with Gasteiger partial charge in [0.25, 0.3) is 0 Å². The number of hydrogen-bond donors (Lipinski definition) is 1. The van der Waals surface area contributed by atoms with Crippen LogP contribution in [0.2, 0.25) is 5.02 Å². The van der Waals surface area contributed by atoms with Gasteiger partial charge in [-0.2, -0.15) is 5.32 Å². The molecule has 6 heteroatoms. The predicted octanol–water partition coefficient (Wildman–Crippen LogP) is 3.29. The number of aromatic nitrogens is 1. The van der Waals surface area contributed by atoms with Crippen LogP contribution in [0.25, 0.3) is 10.2 Å². The lowest BCUT2D eigenvalue weighted by atomic mass is 9.96. The number of nitrogens with zero attached hydrogens (tertiary/aromatic N) is 1. The molecule has 1 atom stereocenters. The maximum absolute atomic E-state index is 12.9. The van der Waals surface area contributed by atoms with Crippen molar-refractivity contribution in [1.29, 1.82) is 0 Å². The third-order valence-corrected chi connectivity index (χ3v) is 5.18. The summed E-state index contributed by atoms with van der Waals surface area (Å²) in [7, 11) is 0. The smallest absolute Gasteiger partial charge is 0.246 e. The second-order valence-corrected chi connectivity index (χ2v) is 6.89. The highest BCUT2D eigenvalue weighted by atomic mass is 35.5. The second kappa shape index (κ2) is 5.44. The number of thiazole rings is 1. The van der Waals surface area contributed by atoms with E-state index in [9.17, 15) is 9.59 Å². The van der Waals surface area contributed by atoms with Crippen molar-refractivity contribution < 1.29 is 14.2 Å². The van der Waals surface area contributed by atoms with E-state index < -0.39 is 5.92 Å². The van der Waals surface area contributed by atoms with E-state index in [-0.39, 0.29) is 11.8 Å². The second-order valence-electron chi connectivity index (χ2n) is 5.42. The summed E-state index contributed by atoms with van der Waals surface area (Å²) >= 11 is 7.36. The van der Waals surface area contributed by atoms with Gasteiger partial charge in [0.1, 0.15) is 0 Å². The summed E-state index contributed by atoms with van der Waals surface area (Å²) in [6.45, 7) is 0. The number of anilines is 1. The minimum atomic E-state index is -0.719. The molecule has 1 aromatic heterocycles. The number of carbonyl (C=O) groups is 2. The van der Waals surface area contributed by atoms with Crippen molar-refractivity contribution >= 4 is 50.1 Å². The van der Waals surface area contributed by atoms with E-state index in [0.29, 0.717) is 16.6 Å². The molecular weight excluding hydrogens is 332 g/mol. The summed E-state index contributed by atoms with van der Waals surface area (Å²) in [5.74, 6) is -1.17. The minimum absolute atomic E-state index is 0.193. The first-order chi connectivity index (χ1) is 11.1. The minimum Gasteiger partial charge on any atom is -0.246 e. The fourth-order valence-electron chi connectivity index (χ4n) is 2.80. The Morgan fingerprint density at radius 1 is 1.13 bits per heavy atom. The van der Waals surface area contributed by atoms with Gasteiger partial charge in [-0.3, -0.25) is 0 Å². The molecule has 0 aliphatic carbocycles. The number of benzene rings is 2. The maximum atomic E-state index is 12.9. The lowest BCUT2D eigenvalue weighted by Gasteiger charge is -2.15. The summed E-state index contributed by atoms with van der Waals surface area (Å²) in [5.41, 5.74) is 1.74. The van der Waals surface area contributed by atoms with Gasteiger partial charge in [0, 0.05) is 5.02 Å². The molecule has 0 spiro atoms. The van der Waals surface area contributed by atoms with E-state index in [4.69, 9.17) is 11.6 Å². The highest BCUT2D eigenvalue weighted by Crippen LogP contribution is 2.30. The number of amides is 1. The summed E-state index contributed by atoms with van der Waals surface area (Å²) in [4.78, 5) is 25.2. The van der Waals surface area contributed by atoms with Crippen molar-refractivity contribution in [2.75, 3.05) is 5.32 Å². The lowest BCUT2D eigenvalue weighted by Crippen LogP contribution is -2.56. The van der Waals surface area contributed by atoms with E-state index in [1.54, 1.807) is 16.7 Å². The largest absolute Gasteiger partial charge is 0.349 e. The quantitative estimate of drug-likeness (QED) is 0.573. The fourth-order valence-corrected chi connectivity index (χ4v) is 4.13. The van der Waals surface area contributed by atoms with Crippen molar-refractivity contribution in [3.05, 3.63) is 59.1 Å². The van der Waals surface area contributed by atoms with Crippen molar-refractivity contribution in [3.8, 4) is 0 Å². The van der Waals surface area contributed by atoms with Gasteiger partial charge in [0.15, 0.2) is 11.4 Å². The Bertz CT molecular complexity index is 936. The summed E-state index contributed by atoms with van der Waals surface area (Å²) in [6, 6.07) is 14.9. The number of fused-ring (bicyclic) bond motifs is 3. The van der Waals surface area contributed by atoms with Gasteiger partial charge in [-0.1, -0.05) is 41.9 Å². The fraction of sp³-hybridized carbons (Fsp3) is 0.118. The van der Waals surface area contributed by atoms with Gasteiger partial charge >= 0.3 is 16.9 Å². The van der Waals surface area contributed by atoms with Crippen LogP contribution in [0.15, 0.2) is 48.5 Å². The molecular formula is C17H12ClN2O2S+. The first-order valence-electron chi connectivity index (χ1n) is 7.16. The standard InChI is InChI=1S/C17H11ClN2O2S/c18-11-6-7-13-14(9-11)23-17-19-15(21)12(16(22)20(13)17)8-10-4-2-1-3-5-10/h1-7,9,12H,8H2/p+1. The zero-order valence-corrected chi connectivity index (χ0v) is 13.5. The molecule has 0 saturated heterocycles. The molecule has 2 heterocycles. The van der Waals surface area contributed by atoms with Gasteiger partial charge in [-0.05, 0) is 41.5 Å². The van der Waals surface area contributed by atoms with E-state index in [1.165, 1.54) is 11.3 Å². The topological polar surface area (TPSA) is 50.1 Å². The number of hydrogen-bond acceptors (Lipinski definition) is 3. The van der Waals surface area contributed by atoms with Crippen LogP contribution in [0.3, 0.4) is 0 Å². The SMILES string of the molecule is O=C1Nc2sc3cc(Cl)ccc3[n+]2C(=O)C1Cc1ccccc1. The summed E-state index contributed by atoms with van der Waals surface area (Å²) < 4.78 is 2.47. The van der Waals surface area contributed by atoms with Crippen LogP contribution >= 0.6 is 22.9 Å². The first kappa shape index (κ1) is 14.4. The zero-order valence-electron chi connectivity index (χ0n) is 12.0. The van der Waals surface area contributed by atoms with Crippen LogP contribution in [0.5, 0.6) is 0 Å². The molecule has 1 aliphatic heterocycles. The molecule has 1 aliphatic rings. The molecule has 1 N–H and O–H groups in total. The molecule has 3 aromatic rings. The van der Waals surface area contributed by atoms with Crippen LogP contribution in [0.1, 0.15) is 10.4 Å². The van der Waals surface area contributed by atoms with Crippen molar-refractivity contribution in [2.45, 2.75) is 6.42 Å². The average Bonchev–Trinajstić information content (AvgIpc) is 2.89. The van der Waals surface area contributed by atoms with Crippen LogP contribution in [0, 0.1) is 5.92 Å². The zero-order chi connectivity index (χ0) is 16.0. The molecule has 23 heavy (non-hydrogen) atoms. The Labute approximate surface area is 141 Å². The van der Waals surface area contributed by atoms with Crippen LogP contribution in [0.4, 0.5) is 5.13 Å². The highest BCUT2D eigenvalue weighted by Gasteiger charge is 2.43. The van der Waals surface area contributed by atoms with Crippen LogP contribution in [-0.2, 0) is 11.2 Å². The van der Waals surface area contributed by atoms with Gasteiger partial charge in [-0.15, -0.1) is 4.57 Å². The first-order valence-corrected chi connectivity index (χ1v) is 8.36. The van der Waals surface area contributed by atoms with Gasteiger partial charge < -0.3 is 0 Å². The third-order valence-electron chi connectivity index (χ3n) is 3.92. The maximum Gasteiger partial charge on any atom is 0.349 e. The normalized spacial score (nSPS) is 17.2. The summed E-state index contributed by atoms with van der Waals surface area (Å²) in [5, 5.41) is 4.00. The van der Waals surface area contributed by atoms with E-state index in [1.807, 2.05) is 36.4 Å². The molecule has 114 valence electrons. The summed E-state index contributed by atoms with van der Waals surface area (Å²) in [6.07, 6.45) is 0.392. The number of halogens is 1. The van der Waals surface area contributed by atoms with Gasteiger partial charge in [0.2, 0.25) is 0 Å². The van der Waals surface area contributed by atoms with Crippen LogP contribution in [-0.4, -0.2) is 11.8 Å². The molecule has 1 unspecified atom stereocenters. The lowest BCUT2D eigenvalue weighted by molar-refractivity contribution is -0.530. The monoisotopic (exact) mass is 343 g/mol. The Morgan fingerprint density at radius 3 is 2.70 bits per heavy atom. The van der Waals surface area contributed by atoms with Crippen molar-refractivity contribution in [1.82, 2.24) is 0 Å². The molecule has 1 amide bonds. The van der Waals surface area contributed by atoms with Crippen molar-refractivity contribution in [3.63, 3.8) is 0 Å². The Balaban J connectivity index is 1.78. The molecule has 4 nitrogen and oxygen atoms in total. The van der Waals surface area contributed by atoms with E-state index in [0.717, 1.165) is 15.8 Å². The molecule has 0 fully saturated rings. The number of carbonyl (C=O) groups excluding carboxylic acids is 2. The average molecular weight is 344 g/mol. The Kier molecular flexibility index (Phi) is 3.39. The van der Waals surface area contributed by atoms with Crippen LogP contribution < -0.4 is 9.88 Å². The number of rotatable bonds is 2.